The highest BCUT2D eigenvalue weighted by molar-refractivity contribution is 5.79. The zero-order valence-corrected chi connectivity index (χ0v) is 11.2. The van der Waals surface area contributed by atoms with Crippen molar-refractivity contribution in [2.75, 3.05) is 6.54 Å². The van der Waals surface area contributed by atoms with Crippen LogP contribution in [0, 0.1) is 11.7 Å². The summed E-state index contributed by atoms with van der Waals surface area (Å²) in [7, 11) is 0. The molecule has 0 saturated heterocycles. The summed E-state index contributed by atoms with van der Waals surface area (Å²) in [4.78, 5) is 12.0. The minimum Gasteiger partial charge on any atom is -0.351 e. The van der Waals surface area contributed by atoms with Gasteiger partial charge in [-0.1, -0.05) is 12.1 Å². The van der Waals surface area contributed by atoms with Crippen molar-refractivity contribution in [1.29, 1.82) is 0 Å². The van der Waals surface area contributed by atoms with Gasteiger partial charge in [0.25, 0.3) is 0 Å². The molecule has 0 aliphatic heterocycles. The average Bonchev–Trinajstić information content (AvgIpc) is 2.25. The van der Waals surface area contributed by atoms with Crippen LogP contribution in [0.4, 0.5) is 4.39 Å². The van der Waals surface area contributed by atoms with Crippen molar-refractivity contribution in [3.8, 4) is 0 Å². The molecule has 1 amide bonds. The van der Waals surface area contributed by atoms with Crippen LogP contribution in [0.5, 0.6) is 0 Å². The molecule has 1 aromatic carbocycles. The standard InChI is InChI=1S/C14H21FN2O/c1-14(2,3)17-13(18)11(9-16)8-10-4-6-12(15)7-5-10/h4-7,11H,8-9,16H2,1-3H3,(H,17,18). The van der Waals surface area contributed by atoms with Gasteiger partial charge in [-0.2, -0.15) is 0 Å². The number of hydrogen-bond acceptors (Lipinski definition) is 2. The Kier molecular flexibility index (Phi) is 4.84. The zero-order chi connectivity index (χ0) is 13.8. The van der Waals surface area contributed by atoms with Gasteiger partial charge in [0.1, 0.15) is 5.82 Å². The molecule has 3 N–H and O–H groups in total. The largest absolute Gasteiger partial charge is 0.351 e. The van der Waals surface area contributed by atoms with Crippen LogP contribution in [-0.4, -0.2) is 18.0 Å². The molecule has 0 aromatic heterocycles. The molecule has 0 heterocycles. The molecular weight excluding hydrogens is 231 g/mol. The lowest BCUT2D eigenvalue weighted by Crippen LogP contribution is -2.46. The topological polar surface area (TPSA) is 55.1 Å². The number of nitrogens with two attached hydrogens (primary N) is 1. The van der Waals surface area contributed by atoms with E-state index in [4.69, 9.17) is 5.73 Å². The molecule has 18 heavy (non-hydrogen) atoms. The highest BCUT2D eigenvalue weighted by atomic mass is 19.1. The maximum Gasteiger partial charge on any atom is 0.225 e. The second kappa shape index (κ2) is 5.96. The third kappa shape index (κ3) is 4.84. The van der Waals surface area contributed by atoms with E-state index in [-0.39, 0.29) is 29.7 Å². The predicted octanol–water partition coefficient (Wildman–Crippen LogP) is 1.86. The monoisotopic (exact) mass is 252 g/mol. The molecule has 0 aliphatic rings. The van der Waals surface area contributed by atoms with Crippen LogP contribution in [0.2, 0.25) is 0 Å². The average molecular weight is 252 g/mol. The highest BCUT2D eigenvalue weighted by Gasteiger charge is 2.21. The summed E-state index contributed by atoms with van der Waals surface area (Å²) in [6.07, 6.45) is 0.526. The SMILES string of the molecule is CC(C)(C)NC(=O)C(CN)Cc1ccc(F)cc1. The first kappa shape index (κ1) is 14.6. The molecule has 0 fully saturated rings. The van der Waals surface area contributed by atoms with Crippen LogP contribution in [0.25, 0.3) is 0 Å². The van der Waals surface area contributed by atoms with Gasteiger partial charge in [0.05, 0.1) is 5.92 Å². The van der Waals surface area contributed by atoms with E-state index in [1.165, 1.54) is 12.1 Å². The number of carbonyl (C=O) groups is 1. The number of halogens is 1. The quantitative estimate of drug-likeness (QED) is 0.859. The zero-order valence-electron chi connectivity index (χ0n) is 11.2. The molecule has 100 valence electrons. The fraction of sp³-hybridized carbons (Fsp3) is 0.500. The van der Waals surface area contributed by atoms with E-state index >= 15 is 0 Å². The van der Waals surface area contributed by atoms with Crippen LogP contribution in [0.15, 0.2) is 24.3 Å². The van der Waals surface area contributed by atoms with E-state index in [1.54, 1.807) is 12.1 Å². The van der Waals surface area contributed by atoms with Crippen molar-refractivity contribution in [2.45, 2.75) is 32.7 Å². The molecule has 0 bridgehead atoms. The lowest BCUT2D eigenvalue weighted by molar-refractivity contribution is -0.126. The van der Waals surface area contributed by atoms with Gasteiger partial charge >= 0.3 is 0 Å². The Bertz CT molecular complexity index is 395. The fourth-order valence-electron chi connectivity index (χ4n) is 1.66. The second-order valence-electron chi connectivity index (χ2n) is 5.50. The van der Waals surface area contributed by atoms with Crippen molar-refractivity contribution in [3.05, 3.63) is 35.6 Å². The predicted molar refractivity (Wildman–Crippen MR) is 70.5 cm³/mol. The summed E-state index contributed by atoms with van der Waals surface area (Å²) >= 11 is 0. The van der Waals surface area contributed by atoms with Gasteiger partial charge in [-0.25, -0.2) is 4.39 Å². The summed E-state index contributed by atoms with van der Waals surface area (Å²) in [5.74, 6) is -0.619. The molecule has 1 unspecified atom stereocenters. The molecule has 1 atom stereocenters. The number of rotatable bonds is 4. The molecule has 0 spiro atoms. The van der Waals surface area contributed by atoms with E-state index in [0.717, 1.165) is 5.56 Å². The van der Waals surface area contributed by atoms with Crippen LogP contribution in [0.3, 0.4) is 0 Å². The summed E-state index contributed by atoms with van der Waals surface area (Å²) in [6.45, 7) is 6.06. The summed E-state index contributed by atoms with van der Waals surface area (Å²) in [5, 5.41) is 2.91. The van der Waals surface area contributed by atoms with Crippen molar-refractivity contribution >= 4 is 5.91 Å². The number of amides is 1. The lowest BCUT2D eigenvalue weighted by atomic mass is 9.97. The number of benzene rings is 1. The molecule has 1 aromatic rings. The fourth-order valence-corrected chi connectivity index (χ4v) is 1.66. The maximum absolute atomic E-state index is 12.8. The van der Waals surface area contributed by atoms with Gasteiger partial charge in [-0.3, -0.25) is 4.79 Å². The van der Waals surface area contributed by atoms with Crippen LogP contribution < -0.4 is 11.1 Å². The van der Waals surface area contributed by atoms with Crippen LogP contribution >= 0.6 is 0 Å². The van der Waals surface area contributed by atoms with Gasteiger partial charge in [0.15, 0.2) is 0 Å². The number of hydrogen-bond donors (Lipinski definition) is 2. The van der Waals surface area contributed by atoms with Gasteiger partial charge in [-0.05, 0) is 44.9 Å². The summed E-state index contributed by atoms with van der Waals surface area (Å²) in [6, 6.07) is 6.15. The first-order chi connectivity index (χ1) is 8.31. The Morgan fingerprint density at radius 2 is 1.89 bits per heavy atom. The van der Waals surface area contributed by atoms with E-state index in [1.807, 2.05) is 20.8 Å². The van der Waals surface area contributed by atoms with Crippen molar-refractivity contribution in [2.24, 2.45) is 11.7 Å². The Morgan fingerprint density at radius 3 is 2.33 bits per heavy atom. The first-order valence-corrected chi connectivity index (χ1v) is 6.08. The Hall–Kier alpha value is -1.42. The smallest absolute Gasteiger partial charge is 0.225 e. The van der Waals surface area contributed by atoms with Gasteiger partial charge in [0, 0.05) is 12.1 Å². The van der Waals surface area contributed by atoms with Gasteiger partial charge in [-0.15, -0.1) is 0 Å². The van der Waals surface area contributed by atoms with Crippen LogP contribution in [0.1, 0.15) is 26.3 Å². The van der Waals surface area contributed by atoms with Crippen molar-refractivity contribution in [1.82, 2.24) is 5.32 Å². The van der Waals surface area contributed by atoms with E-state index < -0.39 is 0 Å². The van der Waals surface area contributed by atoms with Gasteiger partial charge < -0.3 is 11.1 Å². The Labute approximate surface area is 108 Å². The highest BCUT2D eigenvalue weighted by Crippen LogP contribution is 2.11. The molecule has 0 aliphatic carbocycles. The molecule has 0 saturated carbocycles. The molecular formula is C14H21FN2O. The van der Waals surface area contributed by atoms with Gasteiger partial charge in [0.2, 0.25) is 5.91 Å². The van der Waals surface area contributed by atoms with Crippen LogP contribution in [-0.2, 0) is 11.2 Å². The summed E-state index contributed by atoms with van der Waals surface area (Å²) in [5.41, 5.74) is 6.28. The number of carbonyl (C=O) groups excluding carboxylic acids is 1. The molecule has 4 heteroatoms. The Balaban J connectivity index is 2.67. The minimum atomic E-state index is -0.283. The third-order valence-corrected chi connectivity index (χ3v) is 2.55. The normalized spacial score (nSPS) is 13.2. The number of nitrogens with one attached hydrogen (secondary N) is 1. The Morgan fingerprint density at radius 1 is 1.33 bits per heavy atom. The van der Waals surface area contributed by atoms with Crippen molar-refractivity contribution < 1.29 is 9.18 Å². The molecule has 1 rings (SSSR count). The van der Waals surface area contributed by atoms with Crippen molar-refractivity contribution in [3.63, 3.8) is 0 Å². The second-order valence-corrected chi connectivity index (χ2v) is 5.50. The third-order valence-electron chi connectivity index (χ3n) is 2.55. The lowest BCUT2D eigenvalue weighted by Gasteiger charge is -2.24. The molecule has 0 radical (unpaired) electrons. The molecule has 3 nitrogen and oxygen atoms in total. The maximum atomic E-state index is 12.8. The van der Waals surface area contributed by atoms with E-state index in [2.05, 4.69) is 5.32 Å². The first-order valence-electron chi connectivity index (χ1n) is 6.08. The van der Waals surface area contributed by atoms with E-state index in [9.17, 15) is 9.18 Å². The summed E-state index contributed by atoms with van der Waals surface area (Å²) < 4.78 is 12.8. The minimum absolute atomic E-state index is 0.0608. The van der Waals surface area contributed by atoms with E-state index in [0.29, 0.717) is 6.42 Å².